The molecule has 0 aliphatic carbocycles. The summed E-state index contributed by atoms with van der Waals surface area (Å²) < 4.78 is 0. The molecule has 2 rings (SSSR count). The molecular weight excluding hydrogens is 202 g/mol. The van der Waals surface area contributed by atoms with E-state index in [0.29, 0.717) is 0 Å². The highest BCUT2D eigenvalue weighted by Gasteiger charge is 2.10. The number of nitro groups is 1. The molecule has 0 atom stereocenters. The molecule has 0 bridgehead atoms. The second-order valence-corrected chi connectivity index (χ2v) is 3.45. The largest absolute Gasteiger partial charge is 0.324 e. The molecule has 0 spiro atoms. The molecule has 0 fully saturated rings. The molecule has 0 aliphatic heterocycles. The third-order valence-corrected chi connectivity index (χ3v) is 2.54. The summed E-state index contributed by atoms with van der Waals surface area (Å²) in [6.07, 6.45) is 4.67. The monoisotopic (exact) mass is 207 g/mol. The molecule has 2 aromatic rings. The fraction of sp³-hybridized carbons (Fsp3) is 0. The van der Waals surface area contributed by atoms with Gasteiger partial charge in [-0.25, -0.2) is 9.97 Å². The van der Waals surface area contributed by atoms with Gasteiger partial charge in [-0.05, 0) is 0 Å². The summed E-state index contributed by atoms with van der Waals surface area (Å²) in [4.78, 5) is 17.7. The number of aromatic nitrogens is 2. The normalized spacial score (nSPS) is 10.0. The number of hydrogen-bond donors (Lipinski definition) is 0. The van der Waals surface area contributed by atoms with Crippen molar-refractivity contribution in [2.24, 2.45) is 0 Å². The van der Waals surface area contributed by atoms with Crippen molar-refractivity contribution in [2.45, 2.75) is 0 Å². The van der Waals surface area contributed by atoms with Crippen molar-refractivity contribution in [3.05, 3.63) is 40.3 Å². The van der Waals surface area contributed by atoms with Gasteiger partial charge in [-0.3, -0.25) is 10.1 Å². The van der Waals surface area contributed by atoms with E-state index in [9.17, 15) is 10.1 Å². The lowest BCUT2D eigenvalue weighted by molar-refractivity contribution is -0.380. The molecule has 70 valence electrons. The highest BCUT2D eigenvalue weighted by Crippen LogP contribution is 2.29. The van der Waals surface area contributed by atoms with E-state index >= 15 is 0 Å². The lowest BCUT2D eigenvalue weighted by Gasteiger charge is -1.91. The maximum absolute atomic E-state index is 10.4. The van der Waals surface area contributed by atoms with Crippen LogP contribution in [0.1, 0.15) is 0 Å². The van der Waals surface area contributed by atoms with Crippen LogP contribution in [0.3, 0.4) is 0 Å². The minimum atomic E-state index is -0.405. The van der Waals surface area contributed by atoms with Gasteiger partial charge in [0.2, 0.25) is 0 Å². The predicted molar refractivity (Wildman–Crippen MR) is 52.0 cm³/mol. The quantitative estimate of drug-likeness (QED) is 0.558. The zero-order valence-corrected chi connectivity index (χ0v) is 7.77. The standard InChI is InChI=1S/C8H5N3O2S/c12-11(13)8-1-6(4-14-8)7-2-9-5-10-3-7/h1-5H. The molecule has 0 aliphatic rings. The maximum atomic E-state index is 10.4. The van der Waals surface area contributed by atoms with Gasteiger partial charge in [0, 0.05) is 35.0 Å². The van der Waals surface area contributed by atoms with Crippen LogP contribution in [0.2, 0.25) is 0 Å². The van der Waals surface area contributed by atoms with Crippen LogP contribution in [0.5, 0.6) is 0 Å². The highest BCUT2D eigenvalue weighted by molar-refractivity contribution is 7.13. The number of thiophene rings is 1. The molecule has 0 saturated carbocycles. The summed E-state index contributed by atoms with van der Waals surface area (Å²) in [5, 5.41) is 12.3. The Morgan fingerprint density at radius 1 is 1.29 bits per heavy atom. The Kier molecular flexibility index (Phi) is 2.19. The third-order valence-electron chi connectivity index (χ3n) is 1.66. The minimum absolute atomic E-state index is 0.129. The molecule has 0 saturated heterocycles. The molecule has 0 N–H and O–H groups in total. The molecule has 2 aromatic heterocycles. The van der Waals surface area contributed by atoms with Gasteiger partial charge >= 0.3 is 5.00 Å². The molecule has 0 unspecified atom stereocenters. The van der Waals surface area contributed by atoms with Crippen molar-refractivity contribution < 1.29 is 4.92 Å². The number of rotatable bonds is 2. The number of nitrogens with zero attached hydrogens (tertiary/aromatic N) is 3. The average molecular weight is 207 g/mol. The fourth-order valence-electron chi connectivity index (χ4n) is 1.02. The van der Waals surface area contributed by atoms with Crippen LogP contribution < -0.4 is 0 Å². The molecular formula is C8H5N3O2S. The second kappa shape index (κ2) is 3.51. The van der Waals surface area contributed by atoms with E-state index in [2.05, 4.69) is 9.97 Å². The van der Waals surface area contributed by atoms with Gasteiger partial charge < -0.3 is 0 Å². The van der Waals surface area contributed by atoms with Gasteiger partial charge in [0.05, 0.1) is 4.92 Å². The lowest BCUT2D eigenvalue weighted by atomic mass is 10.2. The molecule has 14 heavy (non-hydrogen) atoms. The van der Waals surface area contributed by atoms with Crippen molar-refractivity contribution in [1.29, 1.82) is 0 Å². The van der Waals surface area contributed by atoms with Crippen LogP contribution in [0.25, 0.3) is 11.1 Å². The van der Waals surface area contributed by atoms with Crippen LogP contribution in [-0.4, -0.2) is 14.9 Å². The van der Waals surface area contributed by atoms with E-state index in [4.69, 9.17) is 0 Å². The first kappa shape index (κ1) is 8.76. The summed E-state index contributed by atoms with van der Waals surface area (Å²) in [6, 6.07) is 1.52. The van der Waals surface area contributed by atoms with Gasteiger partial charge in [-0.2, -0.15) is 0 Å². The van der Waals surface area contributed by atoms with Crippen LogP contribution in [0, 0.1) is 10.1 Å². The average Bonchev–Trinajstić information content (AvgIpc) is 2.68. The molecule has 0 radical (unpaired) electrons. The van der Waals surface area contributed by atoms with Crippen molar-refractivity contribution >= 4 is 16.3 Å². The maximum Gasteiger partial charge on any atom is 0.324 e. The van der Waals surface area contributed by atoms with Gasteiger partial charge in [0.1, 0.15) is 6.33 Å². The Balaban J connectivity index is 2.39. The summed E-state index contributed by atoms with van der Waals surface area (Å²) in [7, 11) is 0. The fourth-order valence-corrected chi connectivity index (χ4v) is 1.75. The first-order chi connectivity index (χ1) is 6.77. The molecule has 0 amide bonds. The highest BCUT2D eigenvalue weighted by atomic mass is 32.1. The third kappa shape index (κ3) is 1.60. The Morgan fingerprint density at radius 2 is 2.00 bits per heavy atom. The zero-order valence-electron chi connectivity index (χ0n) is 6.95. The molecule has 6 heteroatoms. The smallest absolute Gasteiger partial charge is 0.258 e. The Morgan fingerprint density at radius 3 is 2.57 bits per heavy atom. The van der Waals surface area contributed by atoms with E-state index in [1.54, 1.807) is 17.8 Å². The van der Waals surface area contributed by atoms with Crippen molar-refractivity contribution in [2.75, 3.05) is 0 Å². The van der Waals surface area contributed by atoms with Crippen LogP contribution in [-0.2, 0) is 0 Å². The van der Waals surface area contributed by atoms with Crippen LogP contribution >= 0.6 is 11.3 Å². The van der Waals surface area contributed by atoms with E-state index in [0.717, 1.165) is 22.5 Å². The summed E-state index contributed by atoms with van der Waals surface area (Å²) in [5.41, 5.74) is 1.57. The summed E-state index contributed by atoms with van der Waals surface area (Å²) >= 11 is 1.10. The topological polar surface area (TPSA) is 68.9 Å². The Hall–Kier alpha value is -1.82. The zero-order chi connectivity index (χ0) is 9.97. The molecule has 0 aromatic carbocycles. The van der Waals surface area contributed by atoms with E-state index in [1.165, 1.54) is 12.4 Å². The summed E-state index contributed by atoms with van der Waals surface area (Å²) in [6.45, 7) is 0. The van der Waals surface area contributed by atoms with E-state index in [-0.39, 0.29) is 5.00 Å². The van der Waals surface area contributed by atoms with Crippen molar-refractivity contribution in [1.82, 2.24) is 9.97 Å². The Bertz CT molecular complexity index is 455. The Labute approximate surface area is 83.2 Å². The van der Waals surface area contributed by atoms with E-state index in [1.807, 2.05) is 0 Å². The lowest BCUT2D eigenvalue weighted by Crippen LogP contribution is -1.82. The SMILES string of the molecule is O=[N+]([O-])c1cc(-c2cncnc2)cs1. The van der Waals surface area contributed by atoms with Crippen LogP contribution in [0.15, 0.2) is 30.2 Å². The van der Waals surface area contributed by atoms with Gasteiger partial charge in [-0.1, -0.05) is 11.3 Å². The molecule has 5 nitrogen and oxygen atoms in total. The predicted octanol–water partition coefficient (Wildman–Crippen LogP) is 2.11. The van der Waals surface area contributed by atoms with E-state index < -0.39 is 4.92 Å². The number of hydrogen-bond acceptors (Lipinski definition) is 5. The molecule has 2 heterocycles. The van der Waals surface area contributed by atoms with Gasteiger partial charge in [-0.15, -0.1) is 0 Å². The van der Waals surface area contributed by atoms with Crippen LogP contribution in [0.4, 0.5) is 5.00 Å². The first-order valence-corrected chi connectivity index (χ1v) is 4.63. The van der Waals surface area contributed by atoms with Gasteiger partial charge in [0.25, 0.3) is 0 Å². The van der Waals surface area contributed by atoms with Crippen molar-refractivity contribution in [3.63, 3.8) is 0 Å². The van der Waals surface area contributed by atoms with Crippen molar-refractivity contribution in [3.8, 4) is 11.1 Å². The second-order valence-electron chi connectivity index (χ2n) is 2.56. The first-order valence-electron chi connectivity index (χ1n) is 3.75. The minimum Gasteiger partial charge on any atom is -0.258 e. The summed E-state index contributed by atoms with van der Waals surface area (Å²) in [5.74, 6) is 0. The van der Waals surface area contributed by atoms with Gasteiger partial charge in [0.15, 0.2) is 0 Å².